The van der Waals surface area contributed by atoms with Crippen molar-refractivity contribution in [2.24, 2.45) is 11.0 Å². The van der Waals surface area contributed by atoms with E-state index in [1.807, 2.05) is 13.8 Å². The van der Waals surface area contributed by atoms with E-state index in [0.29, 0.717) is 19.5 Å². The number of nitrogens with one attached hydrogen (secondary N) is 1. The summed E-state index contributed by atoms with van der Waals surface area (Å²) < 4.78 is 41.9. The zero-order valence-electron chi connectivity index (χ0n) is 21.9. The van der Waals surface area contributed by atoms with Crippen LogP contribution in [0.3, 0.4) is 0 Å². The molecule has 2 bridgehead atoms. The molecule has 39 heavy (non-hydrogen) atoms. The highest BCUT2D eigenvalue weighted by atomic mass is 32.2. The summed E-state index contributed by atoms with van der Waals surface area (Å²) in [5.74, 6) is -4.31. The Labute approximate surface area is 225 Å². The van der Waals surface area contributed by atoms with Crippen LogP contribution in [0.2, 0.25) is 0 Å². The molecule has 3 amide bonds. The molecule has 4 heterocycles. The van der Waals surface area contributed by atoms with Crippen LogP contribution in [0.15, 0.2) is 34.8 Å². The monoisotopic (exact) mass is 562 g/mol. The van der Waals surface area contributed by atoms with Crippen LogP contribution in [0.1, 0.15) is 42.6 Å². The summed E-state index contributed by atoms with van der Waals surface area (Å²) in [6.07, 6.45) is 0.593. The standard InChI is InChI=1S/C25H31FN6O6S/c1-4-30-12-14(2)32-19-18(21(33)20(32)25(30)36)24(35)31-13-15-7-8-16(26)11-17(15)23(34)27-9-5-6-10-39(37,38)29(3)22(19)28-31/h7-8,11,14,18-19,33H,4-6,9-10,12-13H2,1-3H3,(H,27,34)/t14-,18?,19?/m0/s1. The van der Waals surface area contributed by atoms with Crippen LogP contribution in [0, 0.1) is 11.7 Å². The van der Waals surface area contributed by atoms with E-state index in [0.717, 1.165) is 21.4 Å². The second kappa shape index (κ2) is 9.81. The molecule has 2 N–H and O–H groups in total. The Morgan fingerprint density at radius 1 is 1.21 bits per heavy atom. The third kappa shape index (κ3) is 4.39. The van der Waals surface area contributed by atoms with Crippen LogP contribution < -0.4 is 5.32 Å². The van der Waals surface area contributed by atoms with Gasteiger partial charge in [0.1, 0.15) is 29.2 Å². The lowest BCUT2D eigenvalue weighted by Crippen LogP contribution is -2.62. The van der Waals surface area contributed by atoms with Crippen molar-refractivity contribution in [2.45, 2.75) is 45.3 Å². The summed E-state index contributed by atoms with van der Waals surface area (Å²) in [5, 5.41) is 19.4. The van der Waals surface area contributed by atoms with Crippen LogP contribution in [-0.2, 0) is 26.2 Å². The lowest BCUT2D eigenvalue weighted by atomic mass is 9.95. The number of hydrogen-bond donors (Lipinski definition) is 2. The zero-order chi connectivity index (χ0) is 28.2. The van der Waals surface area contributed by atoms with Crippen LogP contribution in [0.5, 0.6) is 0 Å². The highest BCUT2D eigenvalue weighted by Crippen LogP contribution is 2.42. The average Bonchev–Trinajstić information content (AvgIpc) is 3.21. The van der Waals surface area contributed by atoms with Gasteiger partial charge in [-0.2, -0.15) is 5.10 Å². The molecule has 0 saturated carbocycles. The van der Waals surface area contributed by atoms with Crippen LogP contribution >= 0.6 is 0 Å². The van der Waals surface area contributed by atoms with E-state index in [2.05, 4.69) is 10.4 Å². The normalized spacial score (nSPS) is 27.4. The number of halogens is 1. The molecule has 0 aromatic heterocycles. The molecule has 14 heteroatoms. The summed E-state index contributed by atoms with van der Waals surface area (Å²) >= 11 is 0. The molecule has 0 aliphatic carbocycles. The topological polar surface area (TPSA) is 143 Å². The smallest absolute Gasteiger partial charge is 0.273 e. The van der Waals surface area contributed by atoms with Gasteiger partial charge in [-0.1, -0.05) is 6.07 Å². The van der Waals surface area contributed by atoms with Gasteiger partial charge in [0.05, 0.1) is 12.3 Å². The Kier molecular flexibility index (Phi) is 6.77. The number of amidine groups is 1. The number of aliphatic hydroxyl groups is 1. The van der Waals surface area contributed by atoms with Crippen molar-refractivity contribution in [3.63, 3.8) is 0 Å². The third-order valence-electron chi connectivity index (χ3n) is 7.74. The number of hydrazone groups is 1. The summed E-state index contributed by atoms with van der Waals surface area (Å²) in [6.45, 7) is 4.27. The second-order valence-electron chi connectivity index (χ2n) is 10.2. The van der Waals surface area contributed by atoms with Crippen molar-refractivity contribution in [3.8, 4) is 0 Å². The first kappa shape index (κ1) is 26.9. The molecule has 5 rings (SSSR count). The molecule has 1 aromatic rings. The van der Waals surface area contributed by atoms with Crippen molar-refractivity contribution in [1.29, 1.82) is 0 Å². The van der Waals surface area contributed by atoms with Crippen LogP contribution in [-0.4, -0.2) is 101 Å². The summed E-state index contributed by atoms with van der Waals surface area (Å²) in [7, 11) is -2.57. The predicted molar refractivity (Wildman–Crippen MR) is 138 cm³/mol. The first-order valence-corrected chi connectivity index (χ1v) is 14.5. The summed E-state index contributed by atoms with van der Waals surface area (Å²) in [5.41, 5.74) is 0.267. The number of piperazine rings is 1. The fraction of sp³-hybridized carbons (Fsp3) is 0.520. The largest absolute Gasteiger partial charge is 0.509 e. The van der Waals surface area contributed by atoms with E-state index in [1.54, 1.807) is 9.80 Å². The van der Waals surface area contributed by atoms with Gasteiger partial charge < -0.3 is 20.2 Å². The fourth-order valence-corrected chi connectivity index (χ4v) is 6.95. The molecule has 12 nitrogen and oxygen atoms in total. The van der Waals surface area contributed by atoms with Crippen LogP contribution in [0.25, 0.3) is 0 Å². The van der Waals surface area contributed by atoms with E-state index >= 15 is 0 Å². The van der Waals surface area contributed by atoms with Crippen LogP contribution in [0.4, 0.5) is 4.39 Å². The van der Waals surface area contributed by atoms with Gasteiger partial charge in [0.2, 0.25) is 10.0 Å². The Morgan fingerprint density at radius 3 is 2.67 bits per heavy atom. The van der Waals surface area contributed by atoms with Crippen molar-refractivity contribution in [3.05, 3.63) is 46.6 Å². The lowest BCUT2D eigenvalue weighted by molar-refractivity contribution is -0.139. The number of sulfonamides is 1. The van der Waals surface area contributed by atoms with Gasteiger partial charge in [-0.05, 0) is 44.4 Å². The Balaban J connectivity index is 1.67. The minimum absolute atomic E-state index is 0.0177. The zero-order valence-corrected chi connectivity index (χ0v) is 22.7. The Hall–Kier alpha value is -3.68. The number of fused-ring (bicyclic) bond motifs is 6. The van der Waals surface area contributed by atoms with E-state index in [-0.39, 0.29) is 54.0 Å². The van der Waals surface area contributed by atoms with Gasteiger partial charge in [0.25, 0.3) is 17.7 Å². The molecule has 2 unspecified atom stereocenters. The number of aliphatic hydroxyl groups excluding tert-OH is 1. The van der Waals surface area contributed by atoms with E-state index in [1.165, 1.54) is 13.1 Å². The number of likely N-dealkylation sites (N-methyl/N-ethyl adjacent to an activating group) is 2. The maximum Gasteiger partial charge on any atom is 0.273 e. The number of rotatable bonds is 1. The number of hydrogen-bond acceptors (Lipinski definition) is 8. The molecule has 0 radical (unpaired) electrons. The van der Waals surface area contributed by atoms with E-state index < -0.39 is 51.3 Å². The third-order valence-corrected chi connectivity index (χ3v) is 9.57. The SMILES string of the molecule is CCN1C[C@H](C)N2C(=C(O)C3C(=O)N4Cc5ccc(F)cc5C(=O)NCCCCS(=O)(=O)N(C)C(=N4)C32)C1=O. The fourth-order valence-electron chi connectivity index (χ4n) is 5.68. The lowest BCUT2D eigenvalue weighted by Gasteiger charge is -2.45. The van der Waals surface area contributed by atoms with Gasteiger partial charge in [-0.3, -0.25) is 18.7 Å². The second-order valence-corrected chi connectivity index (χ2v) is 12.3. The van der Waals surface area contributed by atoms with Crippen molar-refractivity contribution >= 4 is 33.6 Å². The molecule has 3 atom stereocenters. The van der Waals surface area contributed by atoms with Gasteiger partial charge in [0, 0.05) is 38.3 Å². The molecule has 4 aliphatic rings. The summed E-state index contributed by atoms with van der Waals surface area (Å²) in [6, 6.07) is 2.23. The Morgan fingerprint density at radius 2 is 1.95 bits per heavy atom. The van der Waals surface area contributed by atoms with Gasteiger partial charge >= 0.3 is 0 Å². The summed E-state index contributed by atoms with van der Waals surface area (Å²) in [4.78, 5) is 43.1. The van der Waals surface area contributed by atoms with Gasteiger partial charge in [-0.25, -0.2) is 17.8 Å². The highest BCUT2D eigenvalue weighted by Gasteiger charge is 2.58. The maximum absolute atomic E-state index is 14.1. The molecular formula is C25H31FN6O6S. The van der Waals surface area contributed by atoms with Crippen molar-refractivity contribution in [2.75, 3.05) is 32.4 Å². The first-order chi connectivity index (χ1) is 18.5. The quantitative estimate of drug-likeness (QED) is 0.510. The highest BCUT2D eigenvalue weighted by molar-refractivity contribution is 7.89. The number of carbonyl (C=O) groups is 3. The molecular weight excluding hydrogens is 531 g/mol. The molecule has 0 spiro atoms. The van der Waals surface area contributed by atoms with E-state index in [4.69, 9.17) is 0 Å². The Bertz CT molecular complexity index is 1410. The number of carbonyl (C=O) groups excluding carboxylic acids is 3. The van der Waals surface area contributed by atoms with Crippen molar-refractivity contribution in [1.82, 2.24) is 24.4 Å². The molecule has 1 fully saturated rings. The predicted octanol–water partition coefficient (Wildman–Crippen LogP) is 0.587. The number of benzene rings is 1. The molecule has 1 saturated heterocycles. The molecule has 1 aromatic carbocycles. The minimum Gasteiger partial charge on any atom is -0.509 e. The first-order valence-electron chi connectivity index (χ1n) is 12.9. The number of amides is 3. The van der Waals surface area contributed by atoms with E-state index in [9.17, 15) is 32.3 Å². The van der Waals surface area contributed by atoms with Gasteiger partial charge in [0.15, 0.2) is 5.84 Å². The molecule has 210 valence electrons. The maximum atomic E-state index is 14.1. The average molecular weight is 563 g/mol. The van der Waals surface area contributed by atoms with Crippen molar-refractivity contribution < 1.29 is 32.3 Å². The minimum atomic E-state index is -3.92. The molecule has 4 aliphatic heterocycles. The van der Waals surface area contributed by atoms with Gasteiger partial charge in [-0.15, -0.1) is 0 Å². The number of nitrogens with zero attached hydrogens (tertiary/aromatic N) is 5.